The van der Waals surface area contributed by atoms with Crippen molar-refractivity contribution in [3.63, 3.8) is 0 Å². The van der Waals surface area contributed by atoms with Crippen LogP contribution in [0.25, 0.3) is 11.2 Å². The Labute approximate surface area is 263 Å². The maximum Gasteiger partial charge on any atom is 0.327 e. The monoisotopic (exact) mass is 619 g/mol. The fraction of sp³-hybridized carbons (Fsp3) is 0.545. The standard InChI is InChI=1S/C33H45N7O5/c1-5-7-20-45-31-36-29(34)27-30(37-31)40(32(43)35-27)18-17-39-15-13-38(14-16-39)12-11-33(3,4)23-21-24(41)26-22(28(23)42)9-8-10-25(26)44-19-6-2/h8-10,21H,5-7,11-20H2,1-4H3,(H,35,43)(H2,34,36,37). The SMILES string of the molecule is CCCCOc1nc(N)c2[nH]c(=O)n(CCN3CCN(CCC(C)(C)C4=CC(=O)c5c(OCCC)cccc5C4=O)CC3)c2n1. The number of nitrogens with two attached hydrogens (primary N) is 1. The number of Topliss-reactive ketones (excluding diaryl/α,β-unsaturated/α-hetero) is 1. The Morgan fingerprint density at radius 2 is 1.67 bits per heavy atom. The van der Waals surface area contributed by atoms with Gasteiger partial charge < -0.3 is 25.1 Å². The van der Waals surface area contributed by atoms with Gasteiger partial charge in [-0.2, -0.15) is 9.97 Å². The molecule has 1 fully saturated rings. The molecule has 1 saturated heterocycles. The number of carbonyl (C=O) groups is 2. The van der Waals surface area contributed by atoms with Crippen LogP contribution in [-0.4, -0.2) is 93.4 Å². The zero-order valence-corrected chi connectivity index (χ0v) is 26.9. The second-order valence-corrected chi connectivity index (χ2v) is 12.5. The number of anilines is 1. The Hall–Kier alpha value is -4.03. The zero-order chi connectivity index (χ0) is 32.1. The molecule has 12 heteroatoms. The molecule has 0 bridgehead atoms. The molecule has 1 aliphatic heterocycles. The van der Waals surface area contributed by atoms with Crippen LogP contribution in [0, 0.1) is 5.41 Å². The quantitative estimate of drug-likeness (QED) is 0.256. The molecule has 45 heavy (non-hydrogen) atoms. The number of carbonyl (C=O) groups excluding carboxylic acids is 2. The van der Waals surface area contributed by atoms with Crippen molar-refractivity contribution in [2.75, 3.05) is 58.2 Å². The van der Waals surface area contributed by atoms with Crippen molar-refractivity contribution in [2.45, 2.75) is 59.9 Å². The molecule has 3 aromatic rings. The van der Waals surface area contributed by atoms with Crippen LogP contribution in [0.15, 0.2) is 34.6 Å². The van der Waals surface area contributed by atoms with Gasteiger partial charge in [-0.15, -0.1) is 0 Å². The minimum absolute atomic E-state index is 0.0967. The number of aromatic amines is 1. The number of hydrogen-bond acceptors (Lipinski definition) is 10. The molecule has 3 heterocycles. The second kappa shape index (κ2) is 13.9. The highest BCUT2D eigenvalue weighted by atomic mass is 16.5. The van der Waals surface area contributed by atoms with Gasteiger partial charge in [0, 0.05) is 50.4 Å². The number of unbranched alkanes of at least 4 members (excludes halogenated alkanes) is 1. The van der Waals surface area contributed by atoms with Gasteiger partial charge in [-0.05, 0) is 43.4 Å². The number of nitrogens with one attached hydrogen (secondary N) is 1. The van der Waals surface area contributed by atoms with Crippen LogP contribution in [0.1, 0.15) is 74.1 Å². The van der Waals surface area contributed by atoms with Crippen LogP contribution in [0.3, 0.4) is 0 Å². The predicted molar refractivity (Wildman–Crippen MR) is 173 cm³/mol. The van der Waals surface area contributed by atoms with Crippen LogP contribution in [0.2, 0.25) is 0 Å². The number of fused-ring (bicyclic) bond motifs is 2. The molecule has 5 rings (SSSR count). The second-order valence-electron chi connectivity index (χ2n) is 12.5. The molecule has 0 radical (unpaired) electrons. The summed E-state index contributed by atoms with van der Waals surface area (Å²) in [4.78, 5) is 55.6. The number of aromatic nitrogens is 4. The van der Waals surface area contributed by atoms with E-state index in [4.69, 9.17) is 15.2 Å². The first-order valence-corrected chi connectivity index (χ1v) is 16.0. The van der Waals surface area contributed by atoms with E-state index >= 15 is 0 Å². The molecule has 12 nitrogen and oxygen atoms in total. The normalized spacial score (nSPS) is 16.2. The smallest absolute Gasteiger partial charge is 0.327 e. The number of imidazole rings is 1. The predicted octanol–water partition coefficient (Wildman–Crippen LogP) is 3.71. The van der Waals surface area contributed by atoms with E-state index in [2.05, 4.69) is 31.7 Å². The Kier molecular flexibility index (Phi) is 10.0. The average molecular weight is 620 g/mol. The van der Waals surface area contributed by atoms with E-state index in [0.717, 1.165) is 58.4 Å². The first kappa shape index (κ1) is 32.4. The van der Waals surface area contributed by atoms with Gasteiger partial charge in [0.25, 0.3) is 0 Å². The van der Waals surface area contributed by atoms with Gasteiger partial charge in [-0.25, -0.2) is 4.79 Å². The largest absolute Gasteiger partial charge is 0.493 e. The molecule has 3 N–H and O–H groups in total. The number of nitrogens with zero attached hydrogens (tertiary/aromatic N) is 5. The molecule has 1 aliphatic carbocycles. The summed E-state index contributed by atoms with van der Waals surface area (Å²) in [5.41, 5.74) is 7.59. The molecule has 0 spiro atoms. The number of ketones is 2. The molecule has 2 aliphatic rings. The maximum atomic E-state index is 13.6. The van der Waals surface area contributed by atoms with E-state index in [1.807, 2.05) is 20.8 Å². The number of piperazine rings is 1. The number of nitrogen functional groups attached to an aromatic ring is 1. The van der Waals surface area contributed by atoms with Crippen LogP contribution in [-0.2, 0) is 6.54 Å². The Bertz CT molecular complexity index is 1630. The van der Waals surface area contributed by atoms with Crippen molar-refractivity contribution in [3.05, 3.63) is 51.5 Å². The fourth-order valence-corrected chi connectivity index (χ4v) is 5.88. The van der Waals surface area contributed by atoms with Gasteiger partial charge in [0.2, 0.25) is 0 Å². The highest BCUT2D eigenvalue weighted by molar-refractivity contribution is 6.26. The van der Waals surface area contributed by atoms with Crippen molar-refractivity contribution in [3.8, 4) is 11.8 Å². The van der Waals surface area contributed by atoms with Crippen LogP contribution < -0.4 is 20.9 Å². The summed E-state index contributed by atoms with van der Waals surface area (Å²) in [6.45, 7) is 14.6. The molecule has 0 atom stereocenters. The van der Waals surface area contributed by atoms with Crippen molar-refractivity contribution in [2.24, 2.45) is 5.41 Å². The number of ether oxygens (including phenoxy) is 2. The lowest BCUT2D eigenvalue weighted by molar-refractivity contribution is 0.0945. The Balaban J connectivity index is 1.15. The molecule has 1 aromatic carbocycles. The van der Waals surface area contributed by atoms with Crippen LogP contribution in [0.4, 0.5) is 5.82 Å². The lowest BCUT2D eigenvalue weighted by atomic mass is 9.73. The van der Waals surface area contributed by atoms with Crippen molar-refractivity contribution < 1.29 is 19.1 Å². The number of rotatable bonds is 14. The molecule has 2 aromatic heterocycles. The molecular weight excluding hydrogens is 574 g/mol. The van der Waals surface area contributed by atoms with Crippen LogP contribution in [0.5, 0.6) is 11.8 Å². The average Bonchev–Trinajstić information content (AvgIpc) is 3.35. The van der Waals surface area contributed by atoms with Gasteiger partial charge in [-0.3, -0.25) is 19.1 Å². The maximum absolute atomic E-state index is 13.6. The summed E-state index contributed by atoms with van der Waals surface area (Å²) in [6, 6.07) is 5.45. The number of allylic oxidation sites excluding steroid dienone is 2. The Morgan fingerprint density at radius 1 is 0.933 bits per heavy atom. The van der Waals surface area contributed by atoms with Gasteiger partial charge in [0.15, 0.2) is 23.0 Å². The minimum Gasteiger partial charge on any atom is -0.493 e. The van der Waals surface area contributed by atoms with E-state index in [1.54, 1.807) is 22.8 Å². The summed E-state index contributed by atoms with van der Waals surface area (Å²) >= 11 is 0. The van der Waals surface area contributed by atoms with E-state index in [-0.39, 0.29) is 29.1 Å². The summed E-state index contributed by atoms with van der Waals surface area (Å²) in [5.74, 6) is 0.410. The van der Waals surface area contributed by atoms with Crippen molar-refractivity contribution in [1.82, 2.24) is 29.3 Å². The summed E-state index contributed by atoms with van der Waals surface area (Å²) in [5, 5.41) is 0. The summed E-state index contributed by atoms with van der Waals surface area (Å²) in [6.07, 6.45) is 4.95. The van der Waals surface area contributed by atoms with Gasteiger partial charge >= 0.3 is 11.7 Å². The van der Waals surface area contributed by atoms with Crippen molar-refractivity contribution in [1.29, 1.82) is 0 Å². The molecule has 0 amide bonds. The third-order valence-corrected chi connectivity index (χ3v) is 8.75. The number of H-pyrrole nitrogens is 1. The van der Waals surface area contributed by atoms with E-state index in [9.17, 15) is 14.4 Å². The molecule has 0 unspecified atom stereocenters. The highest BCUT2D eigenvalue weighted by Gasteiger charge is 2.36. The third kappa shape index (κ3) is 7.12. The number of hydrogen-bond donors (Lipinski definition) is 2. The first-order chi connectivity index (χ1) is 21.6. The number of benzene rings is 1. The van der Waals surface area contributed by atoms with E-state index in [1.165, 1.54) is 6.08 Å². The van der Waals surface area contributed by atoms with E-state index < -0.39 is 5.41 Å². The molecule has 0 saturated carbocycles. The van der Waals surface area contributed by atoms with Gasteiger partial charge in [0.1, 0.15) is 11.3 Å². The minimum atomic E-state index is -0.471. The topological polar surface area (TPSA) is 149 Å². The van der Waals surface area contributed by atoms with Gasteiger partial charge in [-0.1, -0.05) is 46.2 Å². The lowest BCUT2D eigenvalue weighted by Crippen LogP contribution is -2.48. The van der Waals surface area contributed by atoms with Crippen molar-refractivity contribution >= 4 is 28.5 Å². The fourth-order valence-electron chi connectivity index (χ4n) is 5.88. The zero-order valence-electron chi connectivity index (χ0n) is 26.9. The Morgan fingerprint density at radius 3 is 2.38 bits per heavy atom. The van der Waals surface area contributed by atoms with E-state index in [0.29, 0.717) is 59.9 Å². The first-order valence-electron chi connectivity index (χ1n) is 16.0. The highest BCUT2D eigenvalue weighted by Crippen LogP contribution is 2.39. The molecule has 242 valence electrons. The lowest BCUT2D eigenvalue weighted by Gasteiger charge is -2.37. The molecular formula is C33H45N7O5. The summed E-state index contributed by atoms with van der Waals surface area (Å²) in [7, 11) is 0. The summed E-state index contributed by atoms with van der Waals surface area (Å²) < 4.78 is 13.0. The third-order valence-electron chi connectivity index (χ3n) is 8.75. The van der Waals surface area contributed by atoms with Crippen LogP contribution >= 0.6 is 0 Å². The van der Waals surface area contributed by atoms with Gasteiger partial charge in [0.05, 0.1) is 18.8 Å².